The molecule has 0 unspecified atom stereocenters. The van der Waals surface area contributed by atoms with Gasteiger partial charge in [0.2, 0.25) is 0 Å². The summed E-state index contributed by atoms with van der Waals surface area (Å²) in [6.45, 7) is 2.10. The van der Waals surface area contributed by atoms with Crippen molar-refractivity contribution in [1.82, 2.24) is 20.1 Å². The van der Waals surface area contributed by atoms with Gasteiger partial charge in [-0.3, -0.25) is 14.7 Å². The maximum atomic E-state index is 12.7. The Morgan fingerprint density at radius 1 is 1.05 bits per heavy atom. The predicted octanol–water partition coefficient (Wildman–Crippen LogP) is 5.12. The van der Waals surface area contributed by atoms with E-state index in [0.29, 0.717) is 39.6 Å². The number of aryl methyl sites for hydroxylation is 1. The lowest BCUT2D eigenvalue weighted by molar-refractivity contribution is -0.384. The Morgan fingerprint density at radius 2 is 1.82 bits per heavy atom. The van der Waals surface area contributed by atoms with Gasteiger partial charge in [0.05, 0.1) is 31.4 Å². The number of nitrogens with one attached hydrogen (secondary N) is 2. The molecular formula is C26H26N6O5S. The lowest BCUT2D eigenvalue weighted by atomic mass is 10.1. The quantitative estimate of drug-likeness (QED) is 0.163. The Bertz CT molecular complexity index is 1440. The van der Waals surface area contributed by atoms with E-state index in [1.807, 2.05) is 25.1 Å². The summed E-state index contributed by atoms with van der Waals surface area (Å²) < 4.78 is 12.3. The second-order valence-electron chi connectivity index (χ2n) is 8.10. The predicted molar refractivity (Wildman–Crippen MR) is 144 cm³/mol. The Hall–Kier alpha value is -4.58. The molecule has 0 spiro atoms. The molecule has 11 nitrogen and oxygen atoms in total. The number of non-ortho nitro benzene ring substituents is 1. The molecule has 1 heterocycles. The number of aromatic nitrogens is 3. The summed E-state index contributed by atoms with van der Waals surface area (Å²) in [6, 6.07) is 18.7. The second kappa shape index (κ2) is 12.1. The largest absolute Gasteiger partial charge is 0.497 e. The van der Waals surface area contributed by atoms with Crippen LogP contribution in [-0.4, -0.2) is 39.9 Å². The number of methoxy groups -OCH3 is 2. The van der Waals surface area contributed by atoms with Crippen LogP contribution in [0.1, 0.15) is 17.0 Å². The van der Waals surface area contributed by atoms with Crippen LogP contribution >= 0.6 is 11.8 Å². The number of anilines is 1. The lowest BCUT2D eigenvalue weighted by Gasteiger charge is -2.13. The van der Waals surface area contributed by atoms with E-state index in [1.54, 1.807) is 42.0 Å². The zero-order chi connectivity index (χ0) is 27.1. The number of nitrogens with zero attached hydrogens (tertiary/aromatic N) is 4. The maximum absolute atomic E-state index is 12.7. The van der Waals surface area contributed by atoms with Crippen molar-refractivity contribution in [3.8, 4) is 17.2 Å². The highest BCUT2D eigenvalue weighted by atomic mass is 32.2. The van der Waals surface area contributed by atoms with Crippen LogP contribution in [0.25, 0.3) is 5.69 Å². The highest BCUT2D eigenvalue weighted by Gasteiger charge is 2.17. The van der Waals surface area contributed by atoms with E-state index >= 15 is 0 Å². The number of hydrogen-bond acceptors (Lipinski definition) is 8. The molecule has 0 radical (unpaired) electrons. The molecule has 0 bridgehead atoms. The molecule has 2 N–H and O–H groups in total. The van der Waals surface area contributed by atoms with Crippen LogP contribution in [0.4, 0.5) is 16.2 Å². The number of urea groups is 1. The van der Waals surface area contributed by atoms with E-state index in [0.717, 1.165) is 11.1 Å². The highest BCUT2D eigenvalue weighted by Crippen LogP contribution is 2.29. The number of benzene rings is 3. The monoisotopic (exact) mass is 534 g/mol. The fourth-order valence-corrected chi connectivity index (χ4v) is 4.68. The Balaban J connectivity index is 1.54. The molecule has 0 aliphatic rings. The van der Waals surface area contributed by atoms with Gasteiger partial charge in [-0.15, -0.1) is 10.2 Å². The molecule has 1 aromatic heterocycles. The number of rotatable bonds is 10. The van der Waals surface area contributed by atoms with E-state index in [2.05, 4.69) is 26.9 Å². The summed E-state index contributed by atoms with van der Waals surface area (Å²) >= 11 is 1.48. The van der Waals surface area contributed by atoms with Crippen LogP contribution in [0.5, 0.6) is 11.5 Å². The summed E-state index contributed by atoms with van der Waals surface area (Å²) in [5.41, 5.74) is 3.40. The number of amides is 2. The molecule has 12 heteroatoms. The summed E-state index contributed by atoms with van der Waals surface area (Å²) in [5, 5.41) is 25.9. The normalized spacial score (nSPS) is 10.6. The van der Waals surface area contributed by atoms with Gasteiger partial charge in [0.1, 0.15) is 11.5 Å². The molecule has 0 fully saturated rings. The fraction of sp³-hybridized carbons (Fsp3) is 0.192. The number of hydrogen-bond donors (Lipinski definition) is 2. The van der Waals surface area contributed by atoms with Gasteiger partial charge in [-0.1, -0.05) is 36.0 Å². The van der Waals surface area contributed by atoms with Gasteiger partial charge in [-0.05, 0) is 42.3 Å². The topological polar surface area (TPSA) is 133 Å². The minimum absolute atomic E-state index is 0.0246. The van der Waals surface area contributed by atoms with Gasteiger partial charge in [0.15, 0.2) is 11.0 Å². The Kier molecular flexibility index (Phi) is 8.44. The third kappa shape index (κ3) is 6.21. The summed E-state index contributed by atoms with van der Waals surface area (Å²) in [7, 11) is 3.05. The zero-order valence-electron chi connectivity index (χ0n) is 21.0. The molecule has 2 amide bonds. The second-order valence-corrected chi connectivity index (χ2v) is 9.04. The molecule has 4 rings (SSSR count). The van der Waals surface area contributed by atoms with Gasteiger partial charge in [-0.2, -0.15) is 0 Å². The first-order chi connectivity index (χ1) is 18.4. The van der Waals surface area contributed by atoms with E-state index in [-0.39, 0.29) is 12.2 Å². The highest BCUT2D eigenvalue weighted by molar-refractivity contribution is 7.98. The lowest BCUT2D eigenvalue weighted by Crippen LogP contribution is -2.29. The van der Waals surface area contributed by atoms with Gasteiger partial charge < -0.3 is 20.1 Å². The Labute approximate surface area is 223 Å². The van der Waals surface area contributed by atoms with Crippen LogP contribution in [-0.2, 0) is 12.3 Å². The van der Waals surface area contributed by atoms with Crippen molar-refractivity contribution in [2.24, 2.45) is 0 Å². The number of thioether (sulfide) groups is 1. The maximum Gasteiger partial charge on any atom is 0.319 e. The summed E-state index contributed by atoms with van der Waals surface area (Å²) in [6.07, 6.45) is 0. The number of ether oxygens (including phenoxy) is 2. The van der Waals surface area contributed by atoms with Crippen molar-refractivity contribution in [3.05, 3.63) is 93.8 Å². The fourth-order valence-electron chi connectivity index (χ4n) is 3.63. The van der Waals surface area contributed by atoms with Gasteiger partial charge in [0.25, 0.3) is 5.69 Å². The molecule has 38 heavy (non-hydrogen) atoms. The van der Waals surface area contributed by atoms with Crippen molar-refractivity contribution in [2.75, 3.05) is 19.5 Å². The third-order valence-electron chi connectivity index (χ3n) is 5.70. The number of carbonyl (C=O) groups excluding carboxylic acids is 1. The third-order valence-corrected chi connectivity index (χ3v) is 6.68. The van der Waals surface area contributed by atoms with E-state index in [4.69, 9.17) is 9.47 Å². The minimum atomic E-state index is -0.471. The van der Waals surface area contributed by atoms with Crippen LogP contribution in [0.2, 0.25) is 0 Å². The number of nitro benzene ring substituents is 1. The van der Waals surface area contributed by atoms with Gasteiger partial charge in [0, 0.05) is 29.6 Å². The van der Waals surface area contributed by atoms with E-state index in [1.165, 1.54) is 31.0 Å². The Morgan fingerprint density at radius 3 is 2.50 bits per heavy atom. The molecule has 4 aromatic rings. The average molecular weight is 535 g/mol. The molecule has 0 atom stereocenters. The first-order valence-corrected chi connectivity index (χ1v) is 12.5. The van der Waals surface area contributed by atoms with Crippen molar-refractivity contribution >= 4 is 29.2 Å². The first kappa shape index (κ1) is 26.5. The number of carbonyl (C=O) groups is 1. The molecule has 0 aliphatic carbocycles. The van der Waals surface area contributed by atoms with Crippen LogP contribution in [0.15, 0.2) is 71.9 Å². The smallest absolute Gasteiger partial charge is 0.319 e. The molecule has 3 aromatic carbocycles. The van der Waals surface area contributed by atoms with Crippen molar-refractivity contribution in [2.45, 2.75) is 24.4 Å². The summed E-state index contributed by atoms with van der Waals surface area (Å²) in [4.78, 5) is 23.4. The minimum Gasteiger partial charge on any atom is -0.497 e. The molecule has 0 saturated heterocycles. The van der Waals surface area contributed by atoms with E-state index < -0.39 is 11.0 Å². The van der Waals surface area contributed by atoms with Crippen molar-refractivity contribution in [1.29, 1.82) is 0 Å². The van der Waals surface area contributed by atoms with Crippen LogP contribution in [0.3, 0.4) is 0 Å². The molecule has 0 saturated carbocycles. The van der Waals surface area contributed by atoms with E-state index in [9.17, 15) is 14.9 Å². The van der Waals surface area contributed by atoms with Gasteiger partial charge >= 0.3 is 6.03 Å². The van der Waals surface area contributed by atoms with Crippen LogP contribution in [0, 0.1) is 17.0 Å². The zero-order valence-corrected chi connectivity index (χ0v) is 21.8. The molecule has 196 valence electrons. The number of nitro groups is 1. The SMILES string of the molecule is COc1ccc(NC(=O)NCc2nnc(SCc3ccccc3C)n2-c2ccc([N+](=O)[O-])cc2)c(OC)c1. The van der Waals surface area contributed by atoms with Crippen LogP contribution < -0.4 is 20.1 Å². The van der Waals surface area contributed by atoms with Gasteiger partial charge in [-0.25, -0.2) is 4.79 Å². The first-order valence-electron chi connectivity index (χ1n) is 11.5. The summed E-state index contributed by atoms with van der Waals surface area (Å²) in [5.74, 6) is 2.16. The van der Waals surface area contributed by atoms with Crippen molar-refractivity contribution < 1.29 is 19.2 Å². The molecular weight excluding hydrogens is 508 g/mol. The molecule has 0 aliphatic heterocycles. The van der Waals surface area contributed by atoms with Crippen molar-refractivity contribution in [3.63, 3.8) is 0 Å². The average Bonchev–Trinajstić information content (AvgIpc) is 3.34. The standard InChI is InChI=1S/C26H26N6O5S/c1-17-6-4-5-7-18(17)16-38-26-30-29-24(31(26)19-8-10-20(11-9-19)32(34)35)15-27-25(33)28-22-13-12-21(36-2)14-23(22)37-3/h4-14H,15-16H2,1-3H3,(H2,27,28,33).